The van der Waals surface area contributed by atoms with E-state index in [-0.39, 0.29) is 33.2 Å². The molecule has 352 valence electrons. The number of nitrogens with one attached hydrogen (secondary N) is 2. The van der Waals surface area contributed by atoms with Crippen molar-refractivity contribution in [3.05, 3.63) is 181 Å². The quantitative estimate of drug-likeness (QED) is 0.210. The number of H-pyrrole nitrogens is 2. The number of carbonyl (C=O) groups excluding carboxylic acids is 2. The van der Waals surface area contributed by atoms with Gasteiger partial charge in [0.2, 0.25) is 5.78 Å². The molecule has 0 amide bonds. The molecule has 3 aliphatic heterocycles. The van der Waals surface area contributed by atoms with Crippen LogP contribution < -0.4 is 0 Å². The van der Waals surface area contributed by atoms with E-state index in [1.807, 2.05) is 24.3 Å². The van der Waals surface area contributed by atoms with Gasteiger partial charge in [0.05, 0.1) is 22.8 Å². The third-order valence-electron chi connectivity index (χ3n) is 13.6. The maximum absolute atomic E-state index is 14.6. The average molecular weight is 905 g/mol. The third-order valence-corrected chi connectivity index (χ3v) is 13.6. The molecule has 0 spiro atoms. The van der Waals surface area contributed by atoms with Gasteiger partial charge in [-0.05, 0) is 132 Å². The van der Waals surface area contributed by atoms with E-state index in [1.54, 1.807) is 0 Å². The van der Waals surface area contributed by atoms with Crippen LogP contribution in [0.5, 0.6) is 0 Å². The summed E-state index contributed by atoms with van der Waals surface area (Å²) < 4.78 is 0. The van der Waals surface area contributed by atoms with Crippen LogP contribution in [-0.4, -0.2) is 33.0 Å². The summed E-state index contributed by atoms with van der Waals surface area (Å²) in [6.07, 6.45) is 12.2. The molecule has 68 heavy (non-hydrogen) atoms. The van der Waals surface area contributed by atoms with Crippen molar-refractivity contribution in [2.24, 2.45) is 20.8 Å². The summed E-state index contributed by atoms with van der Waals surface area (Å²) >= 11 is 0. The molecule has 0 saturated carbocycles. The van der Waals surface area contributed by atoms with Gasteiger partial charge in [-0.1, -0.05) is 161 Å². The highest BCUT2D eigenvalue weighted by atomic mass is 16.1. The van der Waals surface area contributed by atoms with Crippen LogP contribution in [-0.2, 0) is 26.5 Å². The highest BCUT2D eigenvalue weighted by Gasteiger charge is 2.36. The van der Waals surface area contributed by atoms with E-state index in [2.05, 4.69) is 207 Å². The number of hydrogen-bond acceptors (Lipinski definition) is 4. The zero-order valence-corrected chi connectivity index (χ0v) is 43.9. The van der Waals surface area contributed by atoms with Gasteiger partial charge in [0.25, 0.3) is 0 Å². The Morgan fingerprint density at radius 3 is 1.09 bits per heavy atom. The van der Waals surface area contributed by atoms with E-state index >= 15 is 0 Å². The van der Waals surface area contributed by atoms with E-state index in [4.69, 9.17) is 9.98 Å². The highest BCUT2D eigenvalue weighted by molar-refractivity contribution is 6.50. The minimum absolute atomic E-state index is 0.0778. The fourth-order valence-electron chi connectivity index (χ4n) is 9.25. The molecule has 8 bridgehead atoms. The van der Waals surface area contributed by atoms with Crippen molar-refractivity contribution in [2.75, 3.05) is 0 Å². The SMILES string of the molecule is CC(C)(C)C1=CC(=C2C3=NC(=C(c4cc(C(C)(C)C)cc(C(C)(C)C)c4)c4ccc([nH]4)C(=O)C4=NC(=C(c5cc(C(C)(C)C)cc(C(C)(C)C)c5)c5ccc2[nH]5)C=C4)C=C3)C=C(C(C)(C)C)C1=O. The third kappa shape index (κ3) is 9.23. The molecule has 0 atom stereocenters. The molecule has 2 aromatic heterocycles. The van der Waals surface area contributed by atoms with Crippen LogP contribution in [0.1, 0.15) is 186 Å². The number of hydrogen-bond donors (Lipinski definition) is 2. The number of aromatic nitrogens is 2. The number of rotatable bonds is 2. The predicted molar refractivity (Wildman–Crippen MR) is 286 cm³/mol. The molecule has 6 nitrogen and oxygen atoms in total. The first kappa shape index (κ1) is 48.3. The van der Waals surface area contributed by atoms with Crippen molar-refractivity contribution in [3.8, 4) is 0 Å². The van der Waals surface area contributed by atoms with Gasteiger partial charge in [0.15, 0.2) is 5.78 Å². The van der Waals surface area contributed by atoms with Gasteiger partial charge >= 0.3 is 0 Å². The summed E-state index contributed by atoms with van der Waals surface area (Å²) in [6, 6.07) is 21.9. The van der Waals surface area contributed by atoms with Crippen LogP contribution in [0.3, 0.4) is 0 Å². The first-order valence-electron chi connectivity index (χ1n) is 24.3. The van der Waals surface area contributed by atoms with Crippen LogP contribution in [0.25, 0.3) is 16.7 Å². The molecular formula is C62H72N4O2. The monoisotopic (exact) mass is 905 g/mol. The normalized spacial score (nSPS) is 17.4. The maximum Gasteiger partial charge on any atom is 0.227 e. The molecule has 0 unspecified atom stereocenters. The number of aliphatic imine (C=N–C) groups is 2. The summed E-state index contributed by atoms with van der Waals surface area (Å²) in [7, 11) is 0. The van der Waals surface area contributed by atoms with E-state index < -0.39 is 10.8 Å². The molecule has 6 heteroatoms. The largest absolute Gasteiger partial charge is 0.354 e. The van der Waals surface area contributed by atoms with Crippen LogP contribution in [0.15, 0.2) is 135 Å². The molecule has 2 aromatic carbocycles. The van der Waals surface area contributed by atoms with E-state index in [0.29, 0.717) is 17.1 Å². The van der Waals surface area contributed by atoms with Gasteiger partial charge in [-0.2, -0.15) is 0 Å². The average Bonchev–Trinajstić information content (AvgIpc) is 4.06. The van der Waals surface area contributed by atoms with Gasteiger partial charge in [0, 0.05) is 44.9 Å². The van der Waals surface area contributed by atoms with Gasteiger partial charge in [-0.3, -0.25) is 9.59 Å². The van der Waals surface area contributed by atoms with Gasteiger partial charge in [0.1, 0.15) is 5.71 Å². The Hall–Kier alpha value is -6.14. The van der Waals surface area contributed by atoms with Gasteiger partial charge in [-0.25, -0.2) is 9.98 Å². The second-order valence-electron chi connectivity index (χ2n) is 25.5. The smallest absolute Gasteiger partial charge is 0.227 e. The number of carbonyl (C=O) groups is 2. The Morgan fingerprint density at radius 1 is 0.368 bits per heavy atom. The number of ketones is 2. The number of Topliss-reactive ketones (excluding diaryl/α,β-unsaturated/α-hetero) is 2. The van der Waals surface area contributed by atoms with Gasteiger partial charge < -0.3 is 9.97 Å². The van der Waals surface area contributed by atoms with Crippen molar-refractivity contribution in [1.82, 2.24) is 9.97 Å². The molecule has 5 heterocycles. The second-order valence-corrected chi connectivity index (χ2v) is 25.5. The van der Waals surface area contributed by atoms with Crippen LogP contribution in [0, 0.1) is 10.8 Å². The number of fused-ring (bicyclic) bond motifs is 6. The minimum Gasteiger partial charge on any atom is -0.354 e. The molecular weight excluding hydrogens is 833 g/mol. The van der Waals surface area contributed by atoms with E-state index in [9.17, 15) is 9.59 Å². The van der Waals surface area contributed by atoms with Crippen molar-refractivity contribution in [1.29, 1.82) is 0 Å². The highest BCUT2D eigenvalue weighted by Crippen LogP contribution is 2.44. The molecule has 1 aliphatic carbocycles. The molecule has 0 fully saturated rings. The zero-order valence-electron chi connectivity index (χ0n) is 43.9. The van der Waals surface area contributed by atoms with Crippen molar-refractivity contribution in [2.45, 2.75) is 146 Å². The van der Waals surface area contributed by atoms with Crippen LogP contribution in [0.2, 0.25) is 0 Å². The Morgan fingerprint density at radius 2 is 0.706 bits per heavy atom. The molecule has 0 saturated heterocycles. The van der Waals surface area contributed by atoms with Gasteiger partial charge in [-0.15, -0.1) is 0 Å². The van der Waals surface area contributed by atoms with Crippen molar-refractivity contribution < 1.29 is 9.59 Å². The Bertz CT molecular complexity index is 3000. The number of benzene rings is 2. The van der Waals surface area contributed by atoms with Crippen molar-refractivity contribution >= 4 is 39.7 Å². The number of nitrogens with zero attached hydrogens (tertiary/aromatic N) is 2. The van der Waals surface area contributed by atoms with Crippen molar-refractivity contribution in [3.63, 3.8) is 0 Å². The zero-order chi connectivity index (χ0) is 49.8. The summed E-state index contributed by atoms with van der Waals surface area (Å²) in [4.78, 5) is 47.3. The standard InChI is InChI=1S/C62H72N4O2/c1-57(2,3)38-27-35(28-39(33-38)58(4,5)6)52-44-19-21-46(63-44)54(37-31-42(61(13,14)15)55(67)43(32-37)62(16,17)18)47-22-20-45(64-47)53(36-29-40(59(7,8)9)34-41(30-36)60(10,11)12)49-24-26-51(66-49)56(68)50-25-23-48(52)65-50/h19-34,63,66H,1-18H3. The molecule has 4 aromatic rings. The lowest BCUT2D eigenvalue weighted by Gasteiger charge is -2.32. The molecule has 0 radical (unpaired) electrons. The summed E-state index contributed by atoms with van der Waals surface area (Å²) in [5.41, 5.74) is 16.2. The maximum atomic E-state index is 14.6. The molecule has 2 N–H and O–H groups in total. The lowest BCUT2D eigenvalue weighted by molar-refractivity contribution is -0.114. The first-order chi connectivity index (χ1) is 31.3. The fraction of sp³-hybridized carbons (Fsp3) is 0.387. The number of allylic oxidation sites excluding steroid dienone is 10. The topological polar surface area (TPSA) is 90.4 Å². The number of aromatic amines is 2. The van der Waals surface area contributed by atoms with E-state index in [0.717, 1.165) is 73.1 Å². The second kappa shape index (κ2) is 16.2. The summed E-state index contributed by atoms with van der Waals surface area (Å²) in [5, 5.41) is 0. The first-order valence-corrected chi connectivity index (χ1v) is 24.3. The molecule has 4 aliphatic rings. The Labute approximate surface area is 406 Å². The van der Waals surface area contributed by atoms with E-state index in [1.165, 1.54) is 22.3 Å². The lowest BCUT2D eigenvalue weighted by Crippen LogP contribution is -2.28. The summed E-state index contributed by atoms with van der Waals surface area (Å²) in [6.45, 7) is 39.7. The Balaban J connectivity index is 1.50. The summed E-state index contributed by atoms with van der Waals surface area (Å²) in [5.74, 6) is -0.106. The molecule has 8 rings (SSSR count). The van der Waals surface area contributed by atoms with Crippen LogP contribution >= 0.6 is 0 Å². The predicted octanol–water partition coefficient (Wildman–Crippen LogP) is 15.3. The minimum atomic E-state index is -0.422. The fourth-order valence-corrected chi connectivity index (χ4v) is 9.25. The lowest BCUT2D eigenvalue weighted by atomic mass is 9.71. The van der Waals surface area contributed by atoms with Crippen LogP contribution in [0.4, 0.5) is 0 Å². The Kier molecular flexibility index (Phi) is 11.5.